The Kier molecular flexibility index (Phi) is 5.05. The third-order valence-electron chi connectivity index (χ3n) is 5.57. The normalized spacial score (nSPS) is 20.8. The lowest BCUT2D eigenvalue weighted by molar-refractivity contribution is -0.198. The lowest BCUT2D eigenvalue weighted by Crippen LogP contribution is -2.49. The SMILES string of the molecule is Cc1nc2cc(=O)[nH]n2c(C)c1CC(=O)N(C)[C@H]1CCCC[C@H]1C(F)(F)F. The lowest BCUT2D eigenvalue weighted by Gasteiger charge is -2.39. The van der Waals surface area contributed by atoms with Crippen LogP contribution in [0.5, 0.6) is 0 Å². The number of likely N-dealkylation sites (N-methyl/N-ethyl adjacent to an activating group) is 1. The Hall–Kier alpha value is -2.32. The van der Waals surface area contributed by atoms with Gasteiger partial charge in [0.1, 0.15) is 0 Å². The van der Waals surface area contributed by atoms with Gasteiger partial charge in [-0.05, 0) is 26.7 Å². The first kappa shape index (κ1) is 19.4. The molecule has 2 aromatic heterocycles. The van der Waals surface area contributed by atoms with Gasteiger partial charge in [0.15, 0.2) is 5.65 Å². The molecule has 148 valence electrons. The number of aromatic nitrogens is 3. The second-order valence-corrected chi connectivity index (χ2v) is 7.26. The van der Waals surface area contributed by atoms with Crippen LogP contribution in [0.2, 0.25) is 0 Å². The molecule has 2 aromatic rings. The Labute approximate surface area is 154 Å². The maximum atomic E-state index is 13.4. The number of H-pyrrole nitrogens is 1. The molecular weight excluding hydrogens is 361 g/mol. The fourth-order valence-electron chi connectivity index (χ4n) is 4.03. The molecule has 0 saturated heterocycles. The summed E-state index contributed by atoms with van der Waals surface area (Å²) in [6, 6.07) is 0.517. The Morgan fingerprint density at radius 1 is 1.33 bits per heavy atom. The molecule has 0 spiro atoms. The van der Waals surface area contributed by atoms with Crippen LogP contribution in [0.3, 0.4) is 0 Å². The summed E-state index contributed by atoms with van der Waals surface area (Å²) in [7, 11) is 1.45. The number of fused-ring (bicyclic) bond motifs is 1. The summed E-state index contributed by atoms with van der Waals surface area (Å²) in [5.74, 6) is -1.86. The minimum absolute atomic E-state index is 0.0571. The van der Waals surface area contributed by atoms with Crippen molar-refractivity contribution in [2.75, 3.05) is 7.05 Å². The smallest absolute Gasteiger partial charge is 0.342 e. The number of nitrogens with one attached hydrogen (secondary N) is 1. The fourth-order valence-corrected chi connectivity index (χ4v) is 4.03. The molecule has 1 amide bonds. The number of hydrogen-bond acceptors (Lipinski definition) is 3. The molecular formula is C18H23F3N4O2. The topological polar surface area (TPSA) is 70.5 Å². The van der Waals surface area contributed by atoms with E-state index in [0.29, 0.717) is 41.9 Å². The van der Waals surface area contributed by atoms with Gasteiger partial charge in [0.05, 0.1) is 12.3 Å². The molecule has 9 heteroatoms. The molecule has 6 nitrogen and oxygen atoms in total. The van der Waals surface area contributed by atoms with Gasteiger partial charge in [0, 0.05) is 36.1 Å². The number of rotatable bonds is 3. The van der Waals surface area contributed by atoms with E-state index in [4.69, 9.17) is 0 Å². The maximum Gasteiger partial charge on any atom is 0.393 e. The molecule has 1 aliphatic carbocycles. The first-order valence-electron chi connectivity index (χ1n) is 9.00. The number of aryl methyl sites for hydroxylation is 2. The van der Waals surface area contributed by atoms with Crippen molar-refractivity contribution in [3.05, 3.63) is 33.4 Å². The standard InChI is InChI=1S/C18H23F3N4O2/c1-10-12(11(2)25-15(22-10)9-16(26)23-25)8-17(27)24(3)14-7-5-4-6-13(14)18(19,20)21/h9,13-14H,4-8H2,1-3H3,(H,23,26)/t13-,14+/m1/s1. The molecule has 1 aliphatic rings. The van der Waals surface area contributed by atoms with Crippen molar-refractivity contribution in [2.24, 2.45) is 5.92 Å². The molecule has 0 radical (unpaired) electrons. The number of nitrogens with zero attached hydrogens (tertiary/aromatic N) is 3. The Morgan fingerprint density at radius 3 is 2.67 bits per heavy atom. The highest BCUT2D eigenvalue weighted by Gasteiger charge is 2.47. The number of carbonyl (C=O) groups excluding carboxylic acids is 1. The van der Waals surface area contributed by atoms with Gasteiger partial charge in [-0.25, -0.2) is 9.50 Å². The van der Waals surface area contributed by atoms with Crippen molar-refractivity contribution in [1.29, 1.82) is 0 Å². The van der Waals surface area contributed by atoms with Gasteiger partial charge >= 0.3 is 6.18 Å². The van der Waals surface area contributed by atoms with Crippen LogP contribution < -0.4 is 5.56 Å². The molecule has 2 atom stereocenters. The van der Waals surface area contributed by atoms with Crippen LogP contribution in [-0.2, 0) is 11.2 Å². The van der Waals surface area contributed by atoms with Gasteiger partial charge in [-0.15, -0.1) is 0 Å². The van der Waals surface area contributed by atoms with Crippen molar-refractivity contribution in [3.63, 3.8) is 0 Å². The highest BCUT2D eigenvalue weighted by Crippen LogP contribution is 2.39. The van der Waals surface area contributed by atoms with Crippen molar-refractivity contribution in [1.82, 2.24) is 19.5 Å². The van der Waals surface area contributed by atoms with Crippen LogP contribution in [-0.4, -0.2) is 44.7 Å². The number of amides is 1. The van der Waals surface area contributed by atoms with E-state index in [9.17, 15) is 22.8 Å². The quantitative estimate of drug-likeness (QED) is 0.885. The van der Waals surface area contributed by atoms with Crippen LogP contribution >= 0.6 is 0 Å². The summed E-state index contributed by atoms with van der Waals surface area (Å²) in [5.41, 5.74) is 2.00. The second-order valence-electron chi connectivity index (χ2n) is 7.26. The number of hydrogen-bond donors (Lipinski definition) is 1. The van der Waals surface area contributed by atoms with Gasteiger partial charge in [0.2, 0.25) is 5.91 Å². The predicted octanol–water partition coefficient (Wildman–Crippen LogP) is 2.76. The molecule has 2 heterocycles. The molecule has 0 aromatic carbocycles. The van der Waals surface area contributed by atoms with Crippen LogP contribution in [0.25, 0.3) is 5.65 Å². The summed E-state index contributed by atoms with van der Waals surface area (Å²) in [5, 5.41) is 2.61. The van der Waals surface area contributed by atoms with Crippen molar-refractivity contribution >= 4 is 11.6 Å². The summed E-state index contributed by atoms with van der Waals surface area (Å²) >= 11 is 0. The van der Waals surface area contributed by atoms with Crippen molar-refractivity contribution < 1.29 is 18.0 Å². The van der Waals surface area contributed by atoms with Gasteiger partial charge in [-0.1, -0.05) is 12.8 Å². The molecule has 1 saturated carbocycles. The van der Waals surface area contributed by atoms with E-state index < -0.39 is 18.1 Å². The number of aromatic amines is 1. The molecule has 27 heavy (non-hydrogen) atoms. The lowest BCUT2D eigenvalue weighted by atomic mass is 9.83. The number of halogens is 3. The predicted molar refractivity (Wildman–Crippen MR) is 93.6 cm³/mol. The Balaban J connectivity index is 1.86. The van der Waals surface area contributed by atoms with Gasteiger partial charge in [-0.2, -0.15) is 13.2 Å². The Morgan fingerprint density at radius 2 is 2.00 bits per heavy atom. The summed E-state index contributed by atoms with van der Waals surface area (Å²) in [6.45, 7) is 3.48. The van der Waals surface area contributed by atoms with E-state index in [1.54, 1.807) is 13.8 Å². The van der Waals surface area contributed by atoms with Crippen LogP contribution in [0.1, 0.15) is 42.6 Å². The minimum Gasteiger partial charge on any atom is -0.342 e. The third-order valence-corrected chi connectivity index (χ3v) is 5.57. The highest BCUT2D eigenvalue weighted by atomic mass is 19.4. The van der Waals surface area contributed by atoms with E-state index in [1.807, 2.05) is 0 Å². The summed E-state index contributed by atoms with van der Waals surface area (Å²) in [4.78, 5) is 29.9. The summed E-state index contributed by atoms with van der Waals surface area (Å²) < 4.78 is 41.6. The average molecular weight is 384 g/mol. The van der Waals surface area contributed by atoms with Crippen molar-refractivity contribution in [3.8, 4) is 0 Å². The molecule has 0 aliphatic heterocycles. The van der Waals surface area contributed by atoms with E-state index in [0.717, 1.165) is 0 Å². The molecule has 3 rings (SSSR count). The molecule has 0 bridgehead atoms. The van der Waals surface area contributed by atoms with Crippen LogP contribution in [0.15, 0.2) is 10.9 Å². The van der Waals surface area contributed by atoms with Crippen LogP contribution in [0, 0.1) is 19.8 Å². The number of carbonyl (C=O) groups is 1. The highest BCUT2D eigenvalue weighted by molar-refractivity contribution is 5.79. The van der Waals surface area contributed by atoms with Gasteiger partial charge in [0.25, 0.3) is 5.56 Å². The fraction of sp³-hybridized carbons (Fsp3) is 0.611. The third kappa shape index (κ3) is 3.72. The van der Waals surface area contributed by atoms with E-state index in [1.165, 1.54) is 22.5 Å². The summed E-state index contributed by atoms with van der Waals surface area (Å²) in [6.07, 6.45) is -2.74. The monoisotopic (exact) mass is 384 g/mol. The first-order chi connectivity index (χ1) is 12.6. The maximum absolute atomic E-state index is 13.4. The van der Waals surface area contributed by atoms with Gasteiger partial charge in [-0.3, -0.25) is 14.7 Å². The average Bonchev–Trinajstić information content (AvgIpc) is 2.97. The zero-order valence-corrected chi connectivity index (χ0v) is 15.6. The van der Waals surface area contributed by atoms with E-state index in [2.05, 4.69) is 10.1 Å². The largest absolute Gasteiger partial charge is 0.393 e. The van der Waals surface area contributed by atoms with Crippen molar-refractivity contribution in [2.45, 2.75) is 58.2 Å². The Bertz CT molecular complexity index is 916. The van der Waals surface area contributed by atoms with Gasteiger partial charge < -0.3 is 4.90 Å². The van der Waals surface area contributed by atoms with E-state index >= 15 is 0 Å². The zero-order valence-electron chi connectivity index (χ0n) is 15.6. The zero-order chi connectivity index (χ0) is 19.9. The molecule has 0 unspecified atom stereocenters. The minimum atomic E-state index is -4.31. The second kappa shape index (κ2) is 7.01. The first-order valence-corrected chi connectivity index (χ1v) is 9.00. The number of alkyl halides is 3. The van der Waals surface area contributed by atoms with E-state index in [-0.39, 0.29) is 24.3 Å². The molecule has 1 N–H and O–H groups in total. The molecule has 1 fully saturated rings. The van der Waals surface area contributed by atoms with Crippen LogP contribution in [0.4, 0.5) is 13.2 Å².